The quantitative estimate of drug-likeness (QED) is 0.127. The van der Waals surface area contributed by atoms with Crippen molar-refractivity contribution in [3.8, 4) is 11.4 Å². The van der Waals surface area contributed by atoms with Gasteiger partial charge in [0.1, 0.15) is 12.6 Å². The Kier molecular flexibility index (Phi) is 9.98. The molecule has 0 aliphatic carbocycles. The van der Waals surface area contributed by atoms with Gasteiger partial charge in [-0.2, -0.15) is 0 Å². The number of esters is 2. The number of unbranched alkanes of at least 4 members (excludes halogenated alkanes) is 2. The maximum absolute atomic E-state index is 14.2. The average Bonchev–Trinajstić information content (AvgIpc) is 3.47. The van der Waals surface area contributed by atoms with Gasteiger partial charge in [0, 0.05) is 24.1 Å². The van der Waals surface area contributed by atoms with Crippen LogP contribution in [0.25, 0.3) is 22.3 Å². The second kappa shape index (κ2) is 14.3. The van der Waals surface area contributed by atoms with Crippen LogP contribution in [0, 0.1) is 5.92 Å². The number of hydrogen-bond acceptors (Lipinski definition) is 11. The molecule has 14 heteroatoms. The van der Waals surface area contributed by atoms with Gasteiger partial charge in [-0.15, -0.1) is 0 Å². The topological polar surface area (TPSA) is 196 Å². The zero-order valence-electron chi connectivity index (χ0n) is 29.4. The summed E-state index contributed by atoms with van der Waals surface area (Å²) in [5.41, 5.74) is 8.39. The Labute approximate surface area is 295 Å². The number of ether oxygens (including phenoxy) is 2. The van der Waals surface area contributed by atoms with Crippen LogP contribution in [0.4, 0.5) is 11.4 Å². The van der Waals surface area contributed by atoms with Gasteiger partial charge in [0.05, 0.1) is 58.2 Å². The standard InChI is InChI=1S/C37H44N6O8/c1-5-7-8-14-42-19-39-25-10-9-11-26-30(25)32(42)21-17-43-28(31(21)40-26)16-23-22(34(43)46)18-50-36(49)37(23,6-2)51-29(44)13-12-27(35(47)48)41-33(45)24(38)15-20(3)4/h9-11,16,19-20,24,27H,5-8,12-15,17-18,38H2,1-4H3,(H,41,45)(H,47,48)/t24-,27+,37+/m1/s1. The number of cyclic esters (lactones) is 1. The van der Waals surface area contributed by atoms with Crippen molar-refractivity contribution in [3.05, 3.63) is 51.3 Å². The number of amides is 1. The van der Waals surface area contributed by atoms with Crippen LogP contribution in [0.5, 0.6) is 0 Å². The fourth-order valence-electron chi connectivity index (χ4n) is 7.22. The minimum Gasteiger partial charge on any atom is -0.480 e. The van der Waals surface area contributed by atoms with E-state index in [0.717, 1.165) is 53.6 Å². The molecule has 0 unspecified atom stereocenters. The van der Waals surface area contributed by atoms with Gasteiger partial charge in [-0.1, -0.05) is 46.6 Å². The number of pyridine rings is 2. The number of nitrogens with two attached hydrogens (primary N) is 1. The minimum absolute atomic E-state index is 0.0507. The number of carbonyl (C=O) groups is 4. The van der Waals surface area contributed by atoms with Crippen LogP contribution >= 0.6 is 0 Å². The maximum Gasteiger partial charge on any atom is 0.355 e. The summed E-state index contributed by atoms with van der Waals surface area (Å²) in [6, 6.07) is 5.11. The first kappa shape index (κ1) is 35.7. The monoisotopic (exact) mass is 700 g/mol. The third-order valence-electron chi connectivity index (χ3n) is 9.86. The zero-order valence-corrected chi connectivity index (χ0v) is 29.4. The third-order valence-corrected chi connectivity index (χ3v) is 9.86. The van der Waals surface area contributed by atoms with Crippen LogP contribution in [0.3, 0.4) is 0 Å². The molecule has 0 radical (unpaired) electrons. The molecule has 3 aliphatic rings. The largest absolute Gasteiger partial charge is 0.480 e. The van der Waals surface area contributed by atoms with E-state index in [1.807, 2.05) is 38.4 Å². The van der Waals surface area contributed by atoms with Gasteiger partial charge in [0.25, 0.3) is 5.56 Å². The van der Waals surface area contributed by atoms with Crippen molar-refractivity contribution in [2.45, 2.75) is 103 Å². The van der Waals surface area contributed by atoms with Gasteiger partial charge in [0.2, 0.25) is 11.5 Å². The van der Waals surface area contributed by atoms with E-state index in [-0.39, 0.29) is 48.6 Å². The Hall–Kier alpha value is -5.11. The first-order valence-corrected chi connectivity index (χ1v) is 17.6. The van der Waals surface area contributed by atoms with E-state index in [1.54, 1.807) is 17.6 Å². The number of carbonyl (C=O) groups excluding carboxylic acids is 3. The summed E-state index contributed by atoms with van der Waals surface area (Å²) in [7, 11) is 0. The van der Waals surface area contributed by atoms with Crippen LogP contribution < -0.4 is 21.5 Å². The molecule has 0 saturated heterocycles. The van der Waals surface area contributed by atoms with Gasteiger partial charge >= 0.3 is 17.9 Å². The van der Waals surface area contributed by atoms with Crippen LogP contribution in [-0.2, 0) is 47.4 Å². The van der Waals surface area contributed by atoms with E-state index >= 15 is 0 Å². The number of aliphatic imine (C=N–C) groups is 1. The fraction of sp³-hybridized carbons (Fsp3) is 0.486. The van der Waals surface area contributed by atoms with E-state index in [9.17, 15) is 29.1 Å². The molecule has 3 atom stereocenters. The molecule has 6 rings (SSSR count). The predicted molar refractivity (Wildman–Crippen MR) is 190 cm³/mol. The van der Waals surface area contributed by atoms with Crippen molar-refractivity contribution in [1.82, 2.24) is 14.9 Å². The molecule has 3 aliphatic heterocycles. The van der Waals surface area contributed by atoms with Gasteiger partial charge < -0.3 is 35.1 Å². The molecule has 1 amide bonds. The van der Waals surface area contributed by atoms with E-state index in [1.165, 1.54) is 0 Å². The molecule has 5 heterocycles. The minimum atomic E-state index is -1.96. The number of carboxylic acids is 1. The summed E-state index contributed by atoms with van der Waals surface area (Å²) in [5.74, 6) is -3.59. The third kappa shape index (κ3) is 6.48. The number of hydrogen-bond donors (Lipinski definition) is 3. The van der Waals surface area contributed by atoms with E-state index in [4.69, 9.17) is 25.2 Å². The second-order valence-corrected chi connectivity index (χ2v) is 13.8. The molecule has 1 aromatic carbocycles. The number of fused-ring (bicyclic) bond motifs is 5. The molecule has 0 bridgehead atoms. The Bertz CT molecular complexity index is 2000. The highest BCUT2D eigenvalue weighted by Gasteiger charge is 2.50. The first-order valence-electron chi connectivity index (χ1n) is 17.6. The lowest BCUT2D eigenvalue weighted by atomic mass is 9.85. The van der Waals surface area contributed by atoms with Crippen LogP contribution in [0.2, 0.25) is 0 Å². The maximum atomic E-state index is 14.2. The number of anilines is 1. The molecular weight excluding hydrogens is 656 g/mol. The van der Waals surface area contributed by atoms with Crippen molar-refractivity contribution < 1.29 is 33.8 Å². The lowest BCUT2D eigenvalue weighted by Crippen LogP contribution is -2.49. The number of rotatable bonds is 14. The number of nitrogens with zero attached hydrogens (tertiary/aromatic N) is 4. The van der Waals surface area contributed by atoms with Crippen molar-refractivity contribution in [2.24, 2.45) is 16.6 Å². The van der Waals surface area contributed by atoms with Crippen LogP contribution in [-0.4, -0.2) is 63.4 Å². The summed E-state index contributed by atoms with van der Waals surface area (Å²) in [5, 5.41) is 13.1. The molecule has 51 heavy (non-hydrogen) atoms. The second-order valence-electron chi connectivity index (χ2n) is 13.8. The van der Waals surface area contributed by atoms with E-state index in [0.29, 0.717) is 17.8 Å². The van der Waals surface area contributed by atoms with Gasteiger partial charge in [-0.3, -0.25) is 14.4 Å². The fourth-order valence-corrected chi connectivity index (χ4v) is 7.22. The zero-order chi connectivity index (χ0) is 36.6. The molecule has 270 valence electrons. The van der Waals surface area contributed by atoms with Crippen molar-refractivity contribution >= 4 is 52.4 Å². The molecule has 3 aromatic rings. The SMILES string of the molecule is CCCCCN1C=Nc2cccc3nc4c(c1c23)Cn1c-4cc2c(c1=O)COC(=O)[C@@]2(CC)OC(=O)CC[C@H](NC(=O)[C@H](N)CC(C)C)C(=O)O. The highest BCUT2D eigenvalue weighted by atomic mass is 16.6. The van der Waals surface area contributed by atoms with Gasteiger partial charge in [-0.05, 0) is 49.8 Å². The molecule has 0 fully saturated rings. The predicted octanol–water partition coefficient (Wildman–Crippen LogP) is 4.02. The number of benzene rings is 1. The summed E-state index contributed by atoms with van der Waals surface area (Å²) in [6.07, 6.45) is 4.46. The summed E-state index contributed by atoms with van der Waals surface area (Å²) < 4.78 is 13.0. The lowest BCUT2D eigenvalue weighted by molar-refractivity contribution is -0.189. The van der Waals surface area contributed by atoms with E-state index < -0.39 is 47.9 Å². The van der Waals surface area contributed by atoms with Crippen LogP contribution in [0.15, 0.2) is 34.1 Å². The molecule has 14 nitrogen and oxygen atoms in total. The molecule has 4 N–H and O–H groups in total. The Morgan fingerprint density at radius 3 is 2.65 bits per heavy atom. The average molecular weight is 701 g/mol. The molecular formula is C37H44N6O8. The Balaban J connectivity index is 1.33. The number of aliphatic carboxylic acids is 1. The van der Waals surface area contributed by atoms with E-state index in [2.05, 4.69) is 17.1 Å². The molecule has 0 spiro atoms. The van der Waals surface area contributed by atoms with Crippen molar-refractivity contribution in [3.63, 3.8) is 0 Å². The first-order chi connectivity index (χ1) is 24.4. The van der Waals surface area contributed by atoms with Gasteiger partial charge in [-0.25, -0.2) is 19.6 Å². The highest BCUT2D eigenvalue weighted by molar-refractivity contribution is 6.11. The number of carboxylic acid groups (broad SMARTS) is 1. The van der Waals surface area contributed by atoms with Crippen molar-refractivity contribution in [2.75, 3.05) is 11.4 Å². The van der Waals surface area contributed by atoms with Gasteiger partial charge in [0.15, 0.2) is 0 Å². The summed E-state index contributed by atoms with van der Waals surface area (Å²) >= 11 is 0. The summed E-state index contributed by atoms with van der Waals surface area (Å²) in [6.45, 7) is 8.26. The van der Waals surface area contributed by atoms with Crippen LogP contribution in [0.1, 0.15) is 89.3 Å². The van der Waals surface area contributed by atoms with Crippen molar-refractivity contribution in [1.29, 1.82) is 0 Å². The summed E-state index contributed by atoms with van der Waals surface area (Å²) in [4.78, 5) is 77.4. The smallest absolute Gasteiger partial charge is 0.355 e. The normalized spacial score (nSPS) is 18.2. The molecule has 0 saturated carbocycles. The Morgan fingerprint density at radius 2 is 1.94 bits per heavy atom. The number of nitrogens with one attached hydrogen (secondary N) is 1. The molecule has 2 aromatic heterocycles. The highest BCUT2D eigenvalue weighted by Crippen LogP contribution is 2.47. The Morgan fingerprint density at radius 1 is 1.16 bits per heavy atom. The number of aromatic nitrogens is 2. The lowest BCUT2D eigenvalue weighted by Gasteiger charge is -2.35.